The van der Waals surface area contributed by atoms with Crippen LogP contribution < -0.4 is 0 Å². The highest BCUT2D eigenvalue weighted by Crippen LogP contribution is 2.34. The van der Waals surface area contributed by atoms with E-state index in [2.05, 4.69) is 62.1 Å². The third kappa shape index (κ3) is 7.08. The number of aryl methyl sites for hydroxylation is 2. The molecule has 0 heterocycles. The highest BCUT2D eigenvalue weighted by molar-refractivity contribution is 5.85. The lowest BCUT2D eigenvalue weighted by Crippen LogP contribution is -2.15. The first-order chi connectivity index (χ1) is 17.2. The summed E-state index contributed by atoms with van der Waals surface area (Å²) in [5, 5.41) is 1.60. The van der Waals surface area contributed by atoms with Crippen molar-refractivity contribution in [3.8, 4) is 11.8 Å². The van der Waals surface area contributed by atoms with Crippen molar-refractivity contribution in [2.75, 3.05) is 0 Å². The summed E-state index contributed by atoms with van der Waals surface area (Å²) in [6.45, 7) is 4.19. The highest BCUT2D eigenvalue weighted by Gasteiger charge is 2.20. The normalized spacial score (nSPS) is 18.0. The van der Waals surface area contributed by atoms with E-state index in [0.717, 1.165) is 53.2 Å². The Morgan fingerprint density at radius 3 is 2.23 bits per heavy atom. The van der Waals surface area contributed by atoms with Crippen molar-refractivity contribution < 1.29 is 4.39 Å². The van der Waals surface area contributed by atoms with Crippen molar-refractivity contribution in [2.24, 2.45) is 11.8 Å². The summed E-state index contributed by atoms with van der Waals surface area (Å²) in [7, 11) is 0. The molecule has 3 aromatic rings. The zero-order chi connectivity index (χ0) is 24.5. The molecule has 1 heteroatoms. The van der Waals surface area contributed by atoms with Gasteiger partial charge in [-0.05, 0) is 91.6 Å². The summed E-state index contributed by atoms with van der Waals surface area (Å²) < 4.78 is 14.7. The zero-order valence-electron chi connectivity index (χ0n) is 21.5. The smallest absolute Gasteiger partial charge is 0.134 e. The monoisotopic (exact) mass is 466 g/mol. The van der Waals surface area contributed by atoms with E-state index in [9.17, 15) is 4.39 Å². The summed E-state index contributed by atoms with van der Waals surface area (Å²) in [6, 6.07) is 18.5. The van der Waals surface area contributed by atoms with Gasteiger partial charge in [0.25, 0.3) is 0 Å². The Morgan fingerprint density at radius 1 is 0.829 bits per heavy atom. The van der Waals surface area contributed by atoms with Crippen LogP contribution in [0.1, 0.15) is 87.5 Å². The van der Waals surface area contributed by atoms with Crippen LogP contribution in [-0.4, -0.2) is 0 Å². The van der Waals surface area contributed by atoms with E-state index in [-0.39, 0.29) is 5.82 Å². The first kappa shape index (κ1) is 25.2. The molecule has 0 N–H and O–H groups in total. The molecule has 0 aromatic heterocycles. The molecule has 1 aliphatic carbocycles. The van der Waals surface area contributed by atoms with E-state index in [0.29, 0.717) is 5.39 Å². The van der Waals surface area contributed by atoms with Crippen molar-refractivity contribution in [1.29, 1.82) is 0 Å². The average molecular weight is 467 g/mol. The minimum absolute atomic E-state index is 0.0862. The molecule has 182 valence electrons. The molecule has 0 nitrogen and oxygen atoms in total. The predicted molar refractivity (Wildman–Crippen MR) is 148 cm³/mol. The second-order valence-corrected chi connectivity index (χ2v) is 10.2. The van der Waals surface area contributed by atoms with Gasteiger partial charge in [-0.1, -0.05) is 93.4 Å². The maximum Gasteiger partial charge on any atom is 0.134 e. The van der Waals surface area contributed by atoms with Crippen LogP contribution in [0.15, 0.2) is 66.7 Å². The van der Waals surface area contributed by atoms with Gasteiger partial charge in [0, 0.05) is 16.5 Å². The molecule has 0 aliphatic heterocycles. The third-order valence-electron chi connectivity index (χ3n) is 7.64. The van der Waals surface area contributed by atoms with Gasteiger partial charge in [-0.25, -0.2) is 4.39 Å². The second-order valence-electron chi connectivity index (χ2n) is 10.2. The van der Waals surface area contributed by atoms with Crippen LogP contribution >= 0.6 is 0 Å². The number of rotatable bonds is 8. The Labute approximate surface area is 211 Å². The van der Waals surface area contributed by atoms with Crippen molar-refractivity contribution in [2.45, 2.75) is 78.1 Å². The van der Waals surface area contributed by atoms with E-state index in [4.69, 9.17) is 0 Å². The predicted octanol–water partition coefficient (Wildman–Crippen LogP) is 9.43. The molecule has 3 aromatic carbocycles. The van der Waals surface area contributed by atoms with E-state index < -0.39 is 0 Å². The SMILES string of the molecule is C/C=C/CCC1CCC(CCc2ccc(C#Cc3ccc4c(F)c(CCC)ccc4c3)cc2)CC1. The lowest BCUT2D eigenvalue weighted by Gasteiger charge is -2.28. The summed E-state index contributed by atoms with van der Waals surface area (Å²) in [5.74, 6) is 8.29. The van der Waals surface area contributed by atoms with Gasteiger partial charge in [0.15, 0.2) is 0 Å². The molecule has 0 spiro atoms. The Kier molecular flexibility index (Phi) is 9.19. The fourth-order valence-electron chi connectivity index (χ4n) is 5.45. The number of hydrogen-bond acceptors (Lipinski definition) is 0. The molecule has 0 atom stereocenters. The summed E-state index contributed by atoms with van der Waals surface area (Å²) in [6.07, 6.45) is 16.9. The Bertz CT molecular complexity index is 1180. The molecule has 4 rings (SSSR count). The number of allylic oxidation sites excluding steroid dienone is 2. The summed E-state index contributed by atoms with van der Waals surface area (Å²) in [4.78, 5) is 0. The largest absolute Gasteiger partial charge is 0.206 e. The van der Waals surface area contributed by atoms with E-state index in [1.807, 2.05) is 30.3 Å². The van der Waals surface area contributed by atoms with Crippen molar-refractivity contribution in [3.63, 3.8) is 0 Å². The van der Waals surface area contributed by atoms with Crippen LogP contribution in [-0.2, 0) is 12.8 Å². The Morgan fingerprint density at radius 2 is 1.51 bits per heavy atom. The molecule has 0 unspecified atom stereocenters. The fourth-order valence-corrected chi connectivity index (χ4v) is 5.45. The molecular weight excluding hydrogens is 427 g/mol. The van der Waals surface area contributed by atoms with Crippen LogP contribution in [0, 0.1) is 29.5 Å². The third-order valence-corrected chi connectivity index (χ3v) is 7.64. The lowest BCUT2D eigenvalue weighted by atomic mass is 9.78. The van der Waals surface area contributed by atoms with Crippen molar-refractivity contribution in [1.82, 2.24) is 0 Å². The number of fused-ring (bicyclic) bond motifs is 1. The molecule has 1 aliphatic rings. The first-order valence-corrected chi connectivity index (χ1v) is 13.6. The van der Waals surface area contributed by atoms with Crippen LogP contribution in [0.3, 0.4) is 0 Å². The minimum Gasteiger partial charge on any atom is -0.206 e. The zero-order valence-corrected chi connectivity index (χ0v) is 21.5. The first-order valence-electron chi connectivity index (χ1n) is 13.6. The standard InChI is InChI=1S/C34H39F/c1-3-5-6-8-26-9-11-27(12-10-26)13-14-28-15-17-29(18-16-28)19-20-30-21-24-33-32(25-30)23-22-31(7-4-2)34(33)35/h3,5,15-18,21-27H,4,6-14H2,1-2H3/b5-3+. The van der Waals surface area contributed by atoms with Crippen LogP contribution in [0.25, 0.3) is 10.8 Å². The van der Waals surface area contributed by atoms with Gasteiger partial charge in [0.05, 0.1) is 0 Å². The number of halogens is 1. The van der Waals surface area contributed by atoms with Crippen molar-refractivity contribution in [3.05, 3.63) is 94.8 Å². The van der Waals surface area contributed by atoms with E-state index in [1.165, 1.54) is 50.5 Å². The topological polar surface area (TPSA) is 0 Å². The maximum absolute atomic E-state index is 14.7. The van der Waals surface area contributed by atoms with Crippen LogP contribution in [0.5, 0.6) is 0 Å². The second kappa shape index (κ2) is 12.7. The quantitative estimate of drug-likeness (QED) is 0.229. The van der Waals surface area contributed by atoms with Crippen LogP contribution in [0.4, 0.5) is 4.39 Å². The molecule has 0 radical (unpaired) electrons. The van der Waals surface area contributed by atoms with E-state index in [1.54, 1.807) is 0 Å². The van der Waals surface area contributed by atoms with Gasteiger partial charge < -0.3 is 0 Å². The Balaban J connectivity index is 1.29. The minimum atomic E-state index is -0.0862. The van der Waals surface area contributed by atoms with Crippen molar-refractivity contribution >= 4 is 10.8 Å². The van der Waals surface area contributed by atoms with Gasteiger partial charge in [-0.3, -0.25) is 0 Å². The van der Waals surface area contributed by atoms with Gasteiger partial charge in [-0.15, -0.1) is 0 Å². The molecule has 35 heavy (non-hydrogen) atoms. The van der Waals surface area contributed by atoms with E-state index >= 15 is 0 Å². The Hall–Kier alpha value is -2.85. The molecule has 0 saturated heterocycles. The van der Waals surface area contributed by atoms with Gasteiger partial charge in [-0.2, -0.15) is 0 Å². The molecule has 1 saturated carbocycles. The van der Waals surface area contributed by atoms with Gasteiger partial charge in [0.2, 0.25) is 0 Å². The summed E-state index contributed by atoms with van der Waals surface area (Å²) >= 11 is 0. The van der Waals surface area contributed by atoms with Gasteiger partial charge in [0.1, 0.15) is 5.82 Å². The number of hydrogen-bond donors (Lipinski definition) is 0. The average Bonchev–Trinajstić information content (AvgIpc) is 2.89. The summed E-state index contributed by atoms with van der Waals surface area (Å²) in [5.41, 5.74) is 4.16. The molecule has 0 amide bonds. The van der Waals surface area contributed by atoms with Crippen LogP contribution in [0.2, 0.25) is 0 Å². The molecule has 1 fully saturated rings. The molecular formula is C34H39F. The lowest BCUT2D eigenvalue weighted by molar-refractivity contribution is 0.254. The van der Waals surface area contributed by atoms with Gasteiger partial charge >= 0.3 is 0 Å². The molecule has 0 bridgehead atoms. The highest BCUT2D eigenvalue weighted by atomic mass is 19.1. The fraction of sp³-hybridized carbons (Fsp3) is 0.412. The maximum atomic E-state index is 14.7. The number of benzene rings is 3.